The van der Waals surface area contributed by atoms with E-state index in [1.54, 1.807) is 55.0 Å². The zero-order valence-electron chi connectivity index (χ0n) is 24.8. The highest BCUT2D eigenvalue weighted by atomic mass is 35.5. The lowest BCUT2D eigenvalue weighted by Crippen LogP contribution is -2.50. The molecule has 0 aliphatic heterocycles. The molecular formula is C32H33Cl2FN6O3S. The van der Waals surface area contributed by atoms with Crippen molar-refractivity contribution in [2.45, 2.75) is 45.8 Å². The van der Waals surface area contributed by atoms with Crippen LogP contribution in [0.15, 0.2) is 79.3 Å². The van der Waals surface area contributed by atoms with Crippen molar-refractivity contribution in [2.24, 2.45) is 5.92 Å². The van der Waals surface area contributed by atoms with Gasteiger partial charge in [-0.3, -0.25) is 14.9 Å². The van der Waals surface area contributed by atoms with Crippen LogP contribution < -0.4 is 10.6 Å². The van der Waals surface area contributed by atoms with Gasteiger partial charge in [0, 0.05) is 49.7 Å². The number of carbonyl (C=O) groups excluding carboxylic acids is 1. The molecule has 0 saturated heterocycles. The predicted octanol–water partition coefficient (Wildman–Crippen LogP) is 7.26. The zero-order valence-corrected chi connectivity index (χ0v) is 27.1. The Bertz CT molecular complexity index is 1650. The second kappa shape index (κ2) is 15.8. The number of nitro benzene ring substituents is 1. The van der Waals surface area contributed by atoms with Gasteiger partial charge in [-0.2, -0.15) is 0 Å². The summed E-state index contributed by atoms with van der Waals surface area (Å²) in [6, 6.07) is 17.5. The number of hydrogen-bond donors (Lipinski definition) is 2. The third-order valence-electron chi connectivity index (χ3n) is 7.53. The summed E-state index contributed by atoms with van der Waals surface area (Å²) >= 11 is 18.6. The number of nitro groups is 1. The molecule has 9 nitrogen and oxygen atoms in total. The number of non-ortho nitro benzene ring substituents is 1. The molecule has 0 unspecified atom stereocenters. The lowest BCUT2D eigenvalue weighted by molar-refractivity contribution is -0.384. The maximum atomic E-state index is 14.5. The second-order valence-electron chi connectivity index (χ2n) is 10.7. The molecule has 1 heterocycles. The van der Waals surface area contributed by atoms with E-state index >= 15 is 0 Å². The van der Waals surface area contributed by atoms with E-state index < -0.39 is 10.7 Å². The minimum atomic E-state index is -0.447. The Labute approximate surface area is 276 Å². The standard InChI is InChI=1S/C32H33Cl2FN6O3S/c1-3-21(2)29(37-30(42)15-25-16-36-20-40(25)17-22-11-13-24(14-12-22)41(43)44)19-39(18-23-7-6-8-26(33)31(23)34)32(45)38-28-10-5-4-9-27(28)35/h4-14,16,20-21,29H,3,15,17-19H2,1-2H3,(H,37,42)(H,38,45)/t21-,29+/m0/s1. The number of nitrogens with zero attached hydrogens (tertiary/aromatic N) is 4. The highest BCUT2D eigenvalue weighted by molar-refractivity contribution is 7.80. The van der Waals surface area contributed by atoms with Gasteiger partial charge in [0.25, 0.3) is 5.69 Å². The van der Waals surface area contributed by atoms with Crippen molar-refractivity contribution in [3.8, 4) is 0 Å². The van der Waals surface area contributed by atoms with E-state index in [4.69, 9.17) is 35.4 Å². The van der Waals surface area contributed by atoms with Crippen LogP contribution in [0.1, 0.15) is 37.1 Å². The lowest BCUT2D eigenvalue weighted by Gasteiger charge is -2.33. The minimum absolute atomic E-state index is 0.00956. The van der Waals surface area contributed by atoms with Gasteiger partial charge in [0.2, 0.25) is 5.91 Å². The zero-order chi connectivity index (χ0) is 32.5. The van der Waals surface area contributed by atoms with Crippen LogP contribution in [0.4, 0.5) is 15.8 Å². The molecule has 2 N–H and O–H groups in total. The van der Waals surface area contributed by atoms with Crippen molar-refractivity contribution >= 4 is 57.8 Å². The Morgan fingerprint density at radius 3 is 2.56 bits per heavy atom. The third kappa shape index (κ3) is 9.23. The Hall–Kier alpha value is -4.06. The van der Waals surface area contributed by atoms with Crippen molar-refractivity contribution in [3.63, 3.8) is 0 Å². The molecule has 0 fully saturated rings. The van der Waals surface area contributed by atoms with E-state index in [0.29, 0.717) is 28.8 Å². The summed E-state index contributed by atoms with van der Waals surface area (Å²) in [7, 11) is 0. The largest absolute Gasteiger partial charge is 0.351 e. The molecule has 0 saturated carbocycles. The maximum absolute atomic E-state index is 14.5. The molecule has 0 bridgehead atoms. The molecule has 0 radical (unpaired) electrons. The molecule has 4 rings (SSSR count). The van der Waals surface area contributed by atoms with E-state index in [9.17, 15) is 19.3 Å². The molecule has 0 spiro atoms. The van der Waals surface area contributed by atoms with Gasteiger partial charge >= 0.3 is 0 Å². The summed E-state index contributed by atoms with van der Waals surface area (Å²) in [5, 5.41) is 18.2. The number of benzene rings is 3. The first-order chi connectivity index (χ1) is 21.5. The van der Waals surface area contributed by atoms with Crippen LogP contribution in [0.25, 0.3) is 0 Å². The number of thiocarbonyl (C=S) groups is 1. The Morgan fingerprint density at radius 1 is 1.13 bits per heavy atom. The molecule has 4 aromatic rings. The third-order valence-corrected chi connectivity index (χ3v) is 8.75. The van der Waals surface area contributed by atoms with E-state index in [0.717, 1.165) is 17.5 Å². The van der Waals surface area contributed by atoms with Crippen LogP contribution in [-0.4, -0.2) is 43.0 Å². The number of hydrogen-bond acceptors (Lipinski definition) is 5. The van der Waals surface area contributed by atoms with Gasteiger partial charge in [0.15, 0.2) is 5.11 Å². The van der Waals surface area contributed by atoms with E-state index in [2.05, 4.69) is 15.6 Å². The molecule has 1 amide bonds. The molecule has 45 heavy (non-hydrogen) atoms. The summed E-state index contributed by atoms with van der Waals surface area (Å²) in [4.78, 5) is 30.0. The molecule has 0 aliphatic carbocycles. The Kier molecular flexibility index (Phi) is 11.9. The molecule has 0 aliphatic rings. The predicted molar refractivity (Wildman–Crippen MR) is 179 cm³/mol. The summed E-state index contributed by atoms with van der Waals surface area (Å²) in [5.41, 5.74) is 2.49. The topological polar surface area (TPSA) is 105 Å². The fourth-order valence-corrected chi connectivity index (χ4v) is 5.35. The van der Waals surface area contributed by atoms with E-state index in [1.165, 1.54) is 18.2 Å². The Balaban J connectivity index is 1.51. The van der Waals surface area contributed by atoms with Crippen molar-refractivity contribution in [3.05, 3.63) is 122 Å². The Morgan fingerprint density at radius 2 is 1.87 bits per heavy atom. The van der Waals surface area contributed by atoms with Gasteiger partial charge in [-0.05, 0) is 47.5 Å². The van der Waals surface area contributed by atoms with E-state index in [-0.39, 0.29) is 47.3 Å². The normalized spacial score (nSPS) is 12.3. The number of imidazole rings is 1. The molecule has 13 heteroatoms. The number of para-hydroxylation sites is 1. The van der Waals surface area contributed by atoms with Crippen molar-refractivity contribution in [1.29, 1.82) is 0 Å². The summed E-state index contributed by atoms with van der Waals surface area (Å²) in [6.45, 7) is 5.06. The smallest absolute Gasteiger partial charge is 0.269 e. The van der Waals surface area contributed by atoms with Gasteiger partial charge in [-0.1, -0.05) is 79.9 Å². The highest BCUT2D eigenvalue weighted by Crippen LogP contribution is 2.27. The first-order valence-electron chi connectivity index (χ1n) is 14.3. The summed E-state index contributed by atoms with van der Waals surface area (Å²) in [6.07, 6.45) is 4.10. The van der Waals surface area contributed by atoms with Crippen LogP contribution >= 0.6 is 35.4 Å². The van der Waals surface area contributed by atoms with Crippen molar-refractivity contribution in [1.82, 2.24) is 19.8 Å². The van der Waals surface area contributed by atoms with E-state index in [1.807, 2.05) is 29.4 Å². The number of aromatic nitrogens is 2. The average molecular weight is 672 g/mol. The first-order valence-corrected chi connectivity index (χ1v) is 15.5. The lowest BCUT2D eigenvalue weighted by atomic mass is 9.98. The SMILES string of the molecule is CC[C@H](C)[C@@H](CN(Cc1cccc(Cl)c1Cl)C(=S)Nc1ccccc1F)NC(=O)Cc1cncn1Cc1ccc([N+](=O)[O-])cc1. The van der Waals surface area contributed by atoms with Gasteiger partial charge in [-0.15, -0.1) is 0 Å². The average Bonchev–Trinajstić information content (AvgIpc) is 3.45. The molecule has 1 aromatic heterocycles. The number of halogens is 3. The molecule has 236 valence electrons. The molecule has 2 atom stereocenters. The summed E-state index contributed by atoms with van der Waals surface area (Å²) in [5.74, 6) is -0.593. The van der Waals surface area contributed by atoms with Crippen LogP contribution in [0, 0.1) is 21.8 Å². The van der Waals surface area contributed by atoms with Crippen molar-refractivity contribution in [2.75, 3.05) is 11.9 Å². The highest BCUT2D eigenvalue weighted by Gasteiger charge is 2.25. The second-order valence-corrected chi connectivity index (χ2v) is 11.8. The quantitative estimate of drug-likeness (QED) is 0.0876. The van der Waals surface area contributed by atoms with Crippen LogP contribution in [-0.2, 0) is 24.3 Å². The summed E-state index contributed by atoms with van der Waals surface area (Å²) < 4.78 is 16.3. The number of nitrogens with one attached hydrogen (secondary N) is 2. The van der Waals surface area contributed by atoms with Gasteiger partial charge in [-0.25, -0.2) is 9.37 Å². The molecule has 3 aromatic carbocycles. The number of amides is 1. The first kappa shape index (κ1) is 33.8. The van der Waals surface area contributed by atoms with Crippen LogP contribution in [0.5, 0.6) is 0 Å². The minimum Gasteiger partial charge on any atom is -0.351 e. The van der Waals surface area contributed by atoms with Gasteiger partial charge in [0.1, 0.15) is 5.82 Å². The van der Waals surface area contributed by atoms with Gasteiger partial charge < -0.3 is 20.1 Å². The maximum Gasteiger partial charge on any atom is 0.269 e. The van der Waals surface area contributed by atoms with Crippen LogP contribution in [0.2, 0.25) is 10.0 Å². The number of carbonyl (C=O) groups is 1. The monoisotopic (exact) mass is 670 g/mol. The number of rotatable bonds is 13. The van der Waals surface area contributed by atoms with Crippen LogP contribution in [0.3, 0.4) is 0 Å². The molecular weight excluding hydrogens is 638 g/mol. The number of anilines is 1. The van der Waals surface area contributed by atoms with Crippen molar-refractivity contribution < 1.29 is 14.1 Å². The van der Waals surface area contributed by atoms with Gasteiger partial charge in [0.05, 0.1) is 33.4 Å². The fraction of sp³-hybridized carbons (Fsp3) is 0.281. The fourth-order valence-electron chi connectivity index (χ4n) is 4.72.